The Kier molecular flexibility index (Phi) is 10.5. The largest absolute Gasteiger partial charge is 0.489 e. The van der Waals surface area contributed by atoms with Gasteiger partial charge in [-0.25, -0.2) is 4.79 Å². The summed E-state index contributed by atoms with van der Waals surface area (Å²) in [5.74, 6) is -0.281. The number of nitrogen functional groups attached to an aromatic ring is 2. The van der Waals surface area contributed by atoms with Gasteiger partial charge in [0.25, 0.3) is 0 Å². The lowest BCUT2D eigenvalue weighted by molar-refractivity contribution is -0.157. The number of hydrogen-bond acceptors (Lipinski definition) is 6. The average Bonchev–Trinajstić information content (AvgIpc) is 3.46. The number of rotatable bonds is 12. The molecule has 0 unspecified atom stereocenters. The molecule has 5 aromatic carbocycles. The SMILES string of the molecule is CC1(C)O[C@@H]2[C@@H](O1)[C@@H](Cc1ccccc1)N(Cc1ccc(N)c(C(=N)N)c1)C(=O)N(Cc1cccc(OCc3ccccc3)c1)[C@@H]2Cc1ccccc1. The third kappa shape index (κ3) is 8.38. The highest BCUT2D eigenvalue weighted by molar-refractivity contribution is 6.00. The number of urea groups is 1. The van der Waals surface area contributed by atoms with Gasteiger partial charge in [0, 0.05) is 24.3 Å². The number of anilines is 1. The molecule has 5 N–H and O–H groups in total. The summed E-state index contributed by atoms with van der Waals surface area (Å²) >= 11 is 0. The van der Waals surface area contributed by atoms with Crippen molar-refractivity contribution in [3.63, 3.8) is 0 Å². The van der Waals surface area contributed by atoms with Crippen LogP contribution in [0.15, 0.2) is 133 Å². The minimum Gasteiger partial charge on any atom is -0.489 e. The minimum absolute atomic E-state index is 0.124. The number of carbonyl (C=O) groups excluding carboxylic acids is 1. The Balaban J connectivity index is 1.32. The van der Waals surface area contributed by atoms with Crippen LogP contribution in [0, 0.1) is 5.41 Å². The van der Waals surface area contributed by atoms with E-state index in [4.69, 9.17) is 31.1 Å². The molecule has 53 heavy (non-hydrogen) atoms. The highest BCUT2D eigenvalue weighted by Crippen LogP contribution is 2.40. The minimum atomic E-state index is -0.884. The Morgan fingerprint density at radius 3 is 1.70 bits per heavy atom. The second kappa shape index (κ2) is 15.5. The summed E-state index contributed by atoms with van der Waals surface area (Å²) in [7, 11) is 0. The van der Waals surface area contributed by atoms with Crippen LogP contribution in [0.1, 0.15) is 47.2 Å². The number of nitrogens with two attached hydrogens (primary N) is 2. The third-order valence-corrected chi connectivity index (χ3v) is 10.0. The molecule has 272 valence electrons. The quantitative estimate of drug-likeness (QED) is 0.0709. The smallest absolute Gasteiger partial charge is 0.321 e. The van der Waals surface area contributed by atoms with Gasteiger partial charge in [0.05, 0.1) is 12.1 Å². The normalized spacial score (nSPS) is 20.8. The van der Waals surface area contributed by atoms with Crippen molar-refractivity contribution in [1.82, 2.24) is 9.80 Å². The summed E-state index contributed by atoms with van der Waals surface area (Å²) in [5.41, 5.74) is 18.0. The molecule has 0 aromatic heterocycles. The Hall–Kier alpha value is -5.64. The van der Waals surface area contributed by atoms with Crippen molar-refractivity contribution < 1.29 is 19.0 Å². The highest BCUT2D eigenvalue weighted by Gasteiger charge is 2.55. The Bertz CT molecular complexity index is 2020. The number of nitrogens with zero attached hydrogens (tertiary/aromatic N) is 2. The number of nitrogens with one attached hydrogen (secondary N) is 1. The van der Waals surface area contributed by atoms with Gasteiger partial charge in [0.1, 0.15) is 30.4 Å². The van der Waals surface area contributed by atoms with Gasteiger partial charge in [-0.1, -0.05) is 109 Å². The molecule has 0 bridgehead atoms. The molecule has 0 aliphatic carbocycles. The summed E-state index contributed by atoms with van der Waals surface area (Å²) in [6.07, 6.45) is 0.231. The topological polar surface area (TPSA) is 127 Å². The molecule has 2 fully saturated rings. The molecule has 4 atom stereocenters. The highest BCUT2D eigenvalue weighted by atomic mass is 16.8. The van der Waals surface area contributed by atoms with Gasteiger partial charge in [0.2, 0.25) is 0 Å². The van der Waals surface area contributed by atoms with Crippen LogP contribution in [-0.2, 0) is 42.0 Å². The predicted molar refractivity (Wildman–Crippen MR) is 207 cm³/mol. The number of hydrogen-bond donors (Lipinski definition) is 3. The van der Waals surface area contributed by atoms with Gasteiger partial charge in [-0.05, 0) is 78.8 Å². The number of ether oxygens (including phenoxy) is 3. The fourth-order valence-electron chi connectivity index (χ4n) is 7.55. The molecule has 0 radical (unpaired) electrons. The maximum Gasteiger partial charge on any atom is 0.321 e. The molecule has 7 rings (SSSR count). The van der Waals surface area contributed by atoms with Crippen molar-refractivity contribution in [2.75, 3.05) is 5.73 Å². The van der Waals surface area contributed by atoms with Crippen molar-refractivity contribution >= 4 is 17.6 Å². The van der Waals surface area contributed by atoms with Crippen molar-refractivity contribution in [2.45, 2.75) is 76.5 Å². The summed E-state index contributed by atoms with van der Waals surface area (Å²) in [6, 6.07) is 43.0. The van der Waals surface area contributed by atoms with E-state index in [2.05, 4.69) is 24.3 Å². The first-order valence-electron chi connectivity index (χ1n) is 18.1. The standard InChI is InChI=1S/C44H47N5O4/c1-44(2)52-40-38(25-30-13-6-3-7-14-30)48(27-33-19-12-20-35(23-33)51-29-32-17-10-5-11-18-32)43(50)49(28-34-21-22-37(45)36(24-34)42(46)47)39(41(40)53-44)26-31-15-8-4-9-16-31/h3-24,38-41H,25-29,45H2,1-2H3,(H3,46,47)/t38-,39-,40+,41+/m1/s1. The van der Waals surface area contributed by atoms with E-state index in [1.807, 2.05) is 127 Å². The lowest BCUT2D eigenvalue weighted by atomic mass is 9.91. The van der Waals surface area contributed by atoms with Crippen LogP contribution in [0.5, 0.6) is 5.75 Å². The van der Waals surface area contributed by atoms with Gasteiger partial charge < -0.3 is 35.5 Å². The third-order valence-electron chi connectivity index (χ3n) is 10.0. The van der Waals surface area contributed by atoms with Gasteiger partial charge in [-0.3, -0.25) is 5.41 Å². The van der Waals surface area contributed by atoms with E-state index in [-0.39, 0.29) is 30.5 Å². The first kappa shape index (κ1) is 35.7. The van der Waals surface area contributed by atoms with Crippen LogP contribution >= 0.6 is 0 Å². The maximum atomic E-state index is 15.4. The summed E-state index contributed by atoms with van der Waals surface area (Å²) < 4.78 is 19.9. The van der Waals surface area contributed by atoms with E-state index in [1.165, 1.54) is 0 Å². The van der Waals surface area contributed by atoms with E-state index in [9.17, 15) is 0 Å². The van der Waals surface area contributed by atoms with Crippen LogP contribution in [0.2, 0.25) is 0 Å². The number of benzene rings is 5. The van der Waals surface area contributed by atoms with E-state index < -0.39 is 18.0 Å². The number of amidine groups is 1. The number of fused-ring (bicyclic) bond motifs is 1. The van der Waals surface area contributed by atoms with Crippen LogP contribution in [0.3, 0.4) is 0 Å². The average molecular weight is 710 g/mol. The van der Waals surface area contributed by atoms with Crippen LogP contribution < -0.4 is 16.2 Å². The molecule has 0 spiro atoms. The van der Waals surface area contributed by atoms with Crippen molar-refractivity contribution in [3.05, 3.63) is 167 Å². The molecule has 2 saturated heterocycles. The van der Waals surface area contributed by atoms with E-state index in [0.29, 0.717) is 37.2 Å². The molecule has 2 aliphatic heterocycles. The molecule has 9 nitrogen and oxygen atoms in total. The van der Waals surface area contributed by atoms with Gasteiger partial charge in [-0.15, -0.1) is 0 Å². The maximum absolute atomic E-state index is 15.4. The Morgan fingerprint density at radius 2 is 1.17 bits per heavy atom. The van der Waals surface area contributed by atoms with Gasteiger partial charge in [-0.2, -0.15) is 0 Å². The predicted octanol–water partition coefficient (Wildman–Crippen LogP) is 7.31. The zero-order valence-electron chi connectivity index (χ0n) is 30.2. The number of carbonyl (C=O) groups is 1. The second-order valence-electron chi connectivity index (χ2n) is 14.4. The first-order valence-corrected chi connectivity index (χ1v) is 18.1. The number of amides is 2. The van der Waals surface area contributed by atoms with Crippen LogP contribution in [0.4, 0.5) is 10.5 Å². The summed E-state index contributed by atoms with van der Waals surface area (Å²) in [4.78, 5) is 19.3. The Morgan fingerprint density at radius 1 is 0.679 bits per heavy atom. The fourth-order valence-corrected chi connectivity index (χ4v) is 7.55. The lowest BCUT2D eigenvalue weighted by Gasteiger charge is -2.37. The van der Waals surface area contributed by atoms with E-state index in [0.717, 1.165) is 33.6 Å². The molecule has 0 saturated carbocycles. The molecule has 2 heterocycles. The molecule has 2 aliphatic rings. The second-order valence-corrected chi connectivity index (χ2v) is 14.4. The van der Waals surface area contributed by atoms with Gasteiger partial charge in [0.15, 0.2) is 5.79 Å². The first-order chi connectivity index (χ1) is 25.6. The van der Waals surface area contributed by atoms with Crippen molar-refractivity contribution in [1.29, 1.82) is 5.41 Å². The van der Waals surface area contributed by atoms with E-state index >= 15 is 4.79 Å². The van der Waals surface area contributed by atoms with Crippen molar-refractivity contribution in [3.8, 4) is 5.75 Å². The monoisotopic (exact) mass is 709 g/mol. The zero-order chi connectivity index (χ0) is 37.0. The molecule has 5 aromatic rings. The zero-order valence-corrected chi connectivity index (χ0v) is 30.2. The Labute approximate surface area is 311 Å². The molecule has 9 heteroatoms. The molecular formula is C44H47N5O4. The van der Waals surface area contributed by atoms with Crippen LogP contribution in [0.25, 0.3) is 0 Å². The van der Waals surface area contributed by atoms with Crippen LogP contribution in [-0.4, -0.2) is 51.7 Å². The summed E-state index contributed by atoms with van der Waals surface area (Å²) in [5, 5.41) is 8.14. The lowest BCUT2D eigenvalue weighted by Crippen LogP contribution is -2.51. The summed E-state index contributed by atoms with van der Waals surface area (Å²) in [6.45, 7) is 4.90. The van der Waals surface area contributed by atoms with Gasteiger partial charge >= 0.3 is 6.03 Å². The fraction of sp³-hybridized carbons (Fsp3) is 0.273. The van der Waals surface area contributed by atoms with Crippen molar-refractivity contribution in [2.24, 2.45) is 5.73 Å². The van der Waals surface area contributed by atoms with E-state index in [1.54, 1.807) is 6.07 Å². The molecular weight excluding hydrogens is 663 g/mol. The molecule has 2 amide bonds.